The number of fused-ring (bicyclic) bond motifs is 3. The molecule has 0 aliphatic carbocycles. The van der Waals surface area contributed by atoms with E-state index >= 15 is 0 Å². The van der Waals surface area contributed by atoms with Gasteiger partial charge in [-0.15, -0.1) is 0 Å². The topological polar surface area (TPSA) is 75.3 Å². The zero-order chi connectivity index (χ0) is 18.7. The zero-order valence-electron chi connectivity index (χ0n) is 15.0. The Bertz CT molecular complexity index is 723. The van der Waals surface area contributed by atoms with Crippen molar-refractivity contribution in [2.45, 2.75) is 70.0 Å². The SMILES string of the molecule is CC1(C)O[C@H]2[C@@H](O1)[C@@H](C(=O)Nc1cccc(Cl)c1)O[C@H]1OC(C)(C)O[C@@H]12. The Balaban J connectivity index is 1.58. The summed E-state index contributed by atoms with van der Waals surface area (Å²) in [7, 11) is 0. The molecule has 8 heteroatoms. The lowest BCUT2D eigenvalue weighted by Crippen LogP contribution is -2.58. The van der Waals surface area contributed by atoms with Crippen LogP contribution in [0.4, 0.5) is 5.69 Å². The molecule has 1 aromatic rings. The van der Waals surface area contributed by atoms with Crippen LogP contribution in [0.1, 0.15) is 27.7 Å². The molecule has 1 N–H and O–H groups in total. The molecule has 3 aliphatic heterocycles. The van der Waals surface area contributed by atoms with E-state index in [0.29, 0.717) is 10.7 Å². The van der Waals surface area contributed by atoms with Crippen LogP contribution in [0.15, 0.2) is 24.3 Å². The molecule has 0 saturated carbocycles. The highest BCUT2D eigenvalue weighted by molar-refractivity contribution is 6.30. The molecule has 0 bridgehead atoms. The molecule has 3 fully saturated rings. The van der Waals surface area contributed by atoms with Crippen molar-refractivity contribution in [2.24, 2.45) is 0 Å². The van der Waals surface area contributed by atoms with Crippen molar-refractivity contribution < 1.29 is 28.5 Å². The van der Waals surface area contributed by atoms with Crippen LogP contribution >= 0.6 is 11.6 Å². The van der Waals surface area contributed by atoms with Gasteiger partial charge in [-0.2, -0.15) is 0 Å². The number of halogens is 1. The minimum Gasteiger partial charge on any atom is -0.342 e. The molecule has 3 aliphatic rings. The number of hydrogen-bond donors (Lipinski definition) is 1. The van der Waals surface area contributed by atoms with Crippen molar-refractivity contribution in [3.05, 3.63) is 29.3 Å². The Hall–Kier alpha value is -1.22. The van der Waals surface area contributed by atoms with Crippen molar-refractivity contribution in [1.82, 2.24) is 0 Å². The number of amides is 1. The first-order valence-electron chi connectivity index (χ1n) is 8.57. The van der Waals surface area contributed by atoms with Gasteiger partial charge in [0.2, 0.25) is 0 Å². The van der Waals surface area contributed by atoms with Gasteiger partial charge in [0.25, 0.3) is 5.91 Å². The number of nitrogens with one attached hydrogen (secondary N) is 1. The predicted molar refractivity (Wildman–Crippen MR) is 92.6 cm³/mol. The van der Waals surface area contributed by atoms with Gasteiger partial charge in [0.15, 0.2) is 24.0 Å². The molecule has 0 radical (unpaired) electrons. The van der Waals surface area contributed by atoms with Crippen LogP contribution in [0.5, 0.6) is 0 Å². The van der Waals surface area contributed by atoms with Gasteiger partial charge in [-0.25, -0.2) is 0 Å². The maximum absolute atomic E-state index is 12.9. The van der Waals surface area contributed by atoms with E-state index in [1.165, 1.54) is 0 Å². The smallest absolute Gasteiger partial charge is 0.256 e. The minimum atomic E-state index is -0.903. The Morgan fingerprint density at radius 2 is 1.65 bits per heavy atom. The highest BCUT2D eigenvalue weighted by Crippen LogP contribution is 2.44. The highest BCUT2D eigenvalue weighted by Gasteiger charge is 2.62. The molecular formula is C18H22ClNO6. The lowest BCUT2D eigenvalue weighted by Gasteiger charge is -2.36. The largest absolute Gasteiger partial charge is 0.342 e. The zero-order valence-corrected chi connectivity index (χ0v) is 15.8. The van der Waals surface area contributed by atoms with Gasteiger partial charge < -0.3 is 29.0 Å². The van der Waals surface area contributed by atoms with Gasteiger partial charge in [-0.1, -0.05) is 17.7 Å². The van der Waals surface area contributed by atoms with Gasteiger partial charge in [0.1, 0.15) is 18.3 Å². The van der Waals surface area contributed by atoms with Gasteiger partial charge in [-0.3, -0.25) is 4.79 Å². The van der Waals surface area contributed by atoms with Gasteiger partial charge in [0, 0.05) is 10.7 Å². The number of benzene rings is 1. The third kappa shape index (κ3) is 3.35. The van der Waals surface area contributed by atoms with Crippen molar-refractivity contribution in [3.63, 3.8) is 0 Å². The van der Waals surface area contributed by atoms with Crippen molar-refractivity contribution in [2.75, 3.05) is 5.32 Å². The Morgan fingerprint density at radius 1 is 1.00 bits per heavy atom. The van der Waals surface area contributed by atoms with E-state index in [1.54, 1.807) is 52.0 Å². The fourth-order valence-electron chi connectivity index (χ4n) is 3.60. The molecule has 4 rings (SSSR count). The number of hydrogen-bond acceptors (Lipinski definition) is 6. The Kier molecular flexibility index (Phi) is 4.30. The second-order valence-electron chi connectivity index (χ2n) is 7.59. The molecule has 26 heavy (non-hydrogen) atoms. The second kappa shape index (κ2) is 6.15. The van der Waals surface area contributed by atoms with E-state index in [-0.39, 0.29) is 5.91 Å². The third-order valence-corrected chi connectivity index (χ3v) is 4.74. The standard InChI is InChI=1S/C18H22ClNO6/c1-17(2)23-11-12(24-17)14-16(26-18(3,4)25-14)22-13(11)15(21)20-10-7-5-6-9(19)8-10/h5-8,11-14,16H,1-4H3,(H,20,21)/t11-,12+,13+,14-,16+/m1/s1. The highest BCUT2D eigenvalue weighted by atomic mass is 35.5. The average molecular weight is 384 g/mol. The van der Waals surface area contributed by atoms with Crippen LogP contribution in [0, 0.1) is 0 Å². The molecule has 1 amide bonds. The quantitative estimate of drug-likeness (QED) is 0.846. The summed E-state index contributed by atoms with van der Waals surface area (Å²) in [5.41, 5.74) is 0.576. The molecule has 7 nitrogen and oxygen atoms in total. The first-order chi connectivity index (χ1) is 12.1. The molecule has 0 aromatic heterocycles. The third-order valence-electron chi connectivity index (χ3n) is 4.51. The minimum absolute atomic E-state index is 0.352. The monoisotopic (exact) mass is 383 g/mol. The van der Waals surface area contributed by atoms with Crippen LogP contribution in [0.25, 0.3) is 0 Å². The first kappa shape index (κ1) is 18.2. The molecule has 0 unspecified atom stereocenters. The summed E-state index contributed by atoms with van der Waals surface area (Å²) in [5, 5.41) is 3.34. The van der Waals surface area contributed by atoms with Crippen LogP contribution in [0.3, 0.4) is 0 Å². The van der Waals surface area contributed by atoms with Crippen LogP contribution in [-0.2, 0) is 28.5 Å². The van der Waals surface area contributed by atoms with E-state index in [2.05, 4.69) is 5.32 Å². The number of rotatable bonds is 2. The molecule has 3 saturated heterocycles. The summed E-state index contributed by atoms with van der Waals surface area (Å²) in [4.78, 5) is 12.9. The van der Waals surface area contributed by atoms with Crippen LogP contribution < -0.4 is 5.32 Å². The number of carbonyl (C=O) groups is 1. The lowest BCUT2D eigenvalue weighted by molar-refractivity contribution is -0.229. The fraction of sp³-hybridized carbons (Fsp3) is 0.611. The summed E-state index contributed by atoms with van der Waals surface area (Å²) in [5.74, 6) is -2.03. The molecule has 3 heterocycles. The normalized spacial score (nSPS) is 37.0. The van der Waals surface area contributed by atoms with E-state index in [1.807, 2.05) is 0 Å². The van der Waals surface area contributed by atoms with Crippen LogP contribution in [-0.4, -0.2) is 48.2 Å². The summed E-state index contributed by atoms with van der Waals surface area (Å²) in [6.07, 6.45) is -3.16. The van der Waals surface area contributed by atoms with Crippen LogP contribution in [0.2, 0.25) is 5.02 Å². The van der Waals surface area contributed by atoms with E-state index in [0.717, 1.165) is 0 Å². The molecule has 0 spiro atoms. The summed E-state index contributed by atoms with van der Waals surface area (Å²) < 4.78 is 29.6. The maximum atomic E-state index is 12.9. The number of ether oxygens (including phenoxy) is 5. The predicted octanol–water partition coefficient (Wildman–Crippen LogP) is 2.68. The molecule has 1 aromatic carbocycles. The van der Waals surface area contributed by atoms with E-state index in [4.69, 9.17) is 35.3 Å². The number of carbonyl (C=O) groups excluding carboxylic acids is 1. The van der Waals surface area contributed by atoms with Crippen molar-refractivity contribution >= 4 is 23.2 Å². The first-order valence-corrected chi connectivity index (χ1v) is 8.95. The second-order valence-corrected chi connectivity index (χ2v) is 8.03. The Morgan fingerprint density at radius 3 is 2.38 bits per heavy atom. The van der Waals surface area contributed by atoms with Gasteiger partial charge >= 0.3 is 0 Å². The lowest BCUT2D eigenvalue weighted by atomic mass is 9.98. The van der Waals surface area contributed by atoms with Gasteiger partial charge in [0.05, 0.1) is 0 Å². The maximum Gasteiger partial charge on any atom is 0.256 e. The summed E-state index contributed by atoms with van der Waals surface area (Å²) >= 11 is 5.98. The van der Waals surface area contributed by atoms with Gasteiger partial charge in [-0.05, 0) is 45.9 Å². The van der Waals surface area contributed by atoms with E-state index in [9.17, 15) is 4.79 Å². The van der Waals surface area contributed by atoms with E-state index < -0.39 is 42.3 Å². The fourth-order valence-corrected chi connectivity index (χ4v) is 3.79. The molecule has 142 valence electrons. The molecular weight excluding hydrogens is 362 g/mol. The summed E-state index contributed by atoms with van der Waals surface area (Å²) in [6.45, 7) is 7.19. The number of anilines is 1. The van der Waals surface area contributed by atoms with Crippen molar-refractivity contribution in [3.8, 4) is 0 Å². The van der Waals surface area contributed by atoms with Crippen molar-refractivity contribution in [1.29, 1.82) is 0 Å². The summed E-state index contributed by atoms with van der Waals surface area (Å²) in [6, 6.07) is 6.91. The molecule has 5 atom stereocenters. The Labute approximate surface area is 156 Å². The average Bonchev–Trinajstić information content (AvgIpc) is 3.00.